The average molecular weight is 423 g/mol. The zero-order valence-electron chi connectivity index (χ0n) is 18.5. The van der Waals surface area contributed by atoms with E-state index in [1.165, 1.54) is 25.7 Å². The number of hydrogen-bond acceptors (Lipinski definition) is 4. The largest absolute Gasteiger partial charge is 0.432 e. The lowest BCUT2D eigenvalue weighted by Crippen LogP contribution is -2.45. The van der Waals surface area contributed by atoms with Gasteiger partial charge in [0.2, 0.25) is 0 Å². The van der Waals surface area contributed by atoms with E-state index in [1.54, 1.807) is 0 Å². The topological polar surface area (TPSA) is 75.8 Å². The summed E-state index contributed by atoms with van der Waals surface area (Å²) < 4.78 is 6.28. The Morgan fingerprint density at radius 1 is 1.03 bits per heavy atom. The van der Waals surface area contributed by atoms with Crippen LogP contribution in [0.3, 0.4) is 0 Å². The molecule has 0 bridgehead atoms. The van der Waals surface area contributed by atoms with E-state index in [0.29, 0.717) is 11.5 Å². The summed E-state index contributed by atoms with van der Waals surface area (Å²) in [6, 6.07) is 0. The highest BCUT2D eigenvalue weighted by molar-refractivity contribution is 6.71. The zero-order chi connectivity index (χ0) is 20.6. The van der Waals surface area contributed by atoms with Crippen molar-refractivity contribution in [2.24, 2.45) is 29.4 Å². The monoisotopic (exact) mass is 422 g/mol. The fourth-order valence-corrected chi connectivity index (χ4v) is 9.34. The van der Waals surface area contributed by atoms with Crippen LogP contribution >= 0.6 is 0 Å². The van der Waals surface area contributed by atoms with E-state index in [1.807, 2.05) is 0 Å². The third-order valence-electron chi connectivity index (χ3n) is 8.68. The molecule has 0 aromatic heterocycles. The van der Waals surface area contributed by atoms with E-state index < -0.39 is 8.32 Å². The van der Waals surface area contributed by atoms with Gasteiger partial charge in [-0.25, -0.2) is 0 Å². The number of piperidine rings is 1. The molecule has 2 heterocycles. The predicted octanol–water partition coefficient (Wildman–Crippen LogP) is 3.52. The lowest BCUT2D eigenvalue weighted by Gasteiger charge is -2.40. The van der Waals surface area contributed by atoms with Crippen molar-refractivity contribution in [2.75, 3.05) is 19.6 Å². The van der Waals surface area contributed by atoms with Crippen molar-refractivity contribution < 1.29 is 14.3 Å². The van der Waals surface area contributed by atoms with Gasteiger partial charge in [-0.15, -0.1) is 0 Å². The van der Waals surface area contributed by atoms with Crippen molar-refractivity contribution in [1.29, 1.82) is 0 Å². The van der Waals surface area contributed by atoms with Gasteiger partial charge in [0.1, 0.15) is 6.10 Å². The number of likely N-dealkylation sites (tertiary alicyclic amines) is 1. The molecule has 0 spiro atoms. The minimum atomic E-state index is -2.20. The Bertz CT molecular complexity index is 573. The number of ether oxygens (including phenoxy) is 1. The van der Waals surface area contributed by atoms with Crippen LogP contribution in [0.2, 0.25) is 18.6 Å². The number of nitrogens with two attached hydrogens (primary N) is 1. The Kier molecular flexibility index (Phi) is 6.74. The molecule has 29 heavy (non-hydrogen) atoms. The molecule has 6 unspecified atom stereocenters. The van der Waals surface area contributed by atoms with E-state index in [-0.39, 0.29) is 18.1 Å². The molecule has 2 aliphatic carbocycles. The molecular formula is C23H42N2O3Si. The van der Waals surface area contributed by atoms with Crippen LogP contribution in [0.4, 0.5) is 0 Å². The van der Waals surface area contributed by atoms with Crippen LogP contribution in [-0.2, 0) is 9.53 Å². The van der Waals surface area contributed by atoms with E-state index >= 15 is 0 Å². The van der Waals surface area contributed by atoms with Gasteiger partial charge in [-0.3, -0.25) is 4.79 Å². The Morgan fingerprint density at radius 3 is 2.45 bits per heavy atom. The van der Waals surface area contributed by atoms with Gasteiger partial charge in [-0.2, -0.15) is 0 Å². The number of carbonyl (C=O) groups excluding carboxylic acids is 1. The van der Waals surface area contributed by atoms with Crippen LogP contribution in [0.5, 0.6) is 0 Å². The number of rotatable bonds is 4. The first-order valence-corrected chi connectivity index (χ1v) is 15.3. The summed E-state index contributed by atoms with van der Waals surface area (Å²) >= 11 is 0. The Morgan fingerprint density at radius 2 is 1.76 bits per heavy atom. The van der Waals surface area contributed by atoms with E-state index in [9.17, 15) is 9.59 Å². The first-order valence-electron chi connectivity index (χ1n) is 12.2. The van der Waals surface area contributed by atoms with Crippen LogP contribution in [0.15, 0.2) is 0 Å². The summed E-state index contributed by atoms with van der Waals surface area (Å²) in [7, 11) is -2.20. The van der Waals surface area contributed by atoms with Gasteiger partial charge >= 0.3 is 0 Å². The van der Waals surface area contributed by atoms with Crippen LogP contribution in [-0.4, -0.2) is 55.8 Å². The molecule has 1 amide bonds. The third-order valence-corrected chi connectivity index (χ3v) is 11.2. The molecule has 2 saturated carbocycles. The number of nitrogens with zero attached hydrogens (tertiary/aromatic N) is 1. The quantitative estimate of drug-likeness (QED) is 0.680. The van der Waals surface area contributed by atoms with E-state index in [2.05, 4.69) is 18.0 Å². The van der Waals surface area contributed by atoms with Crippen LogP contribution < -0.4 is 5.73 Å². The van der Waals surface area contributed by atoms with Gasteiger partial charge in [0.05, 0.1) is 6.10 Å². The molecule has 4 rings (SSSR count). The Labute approximate surface area is 177 Å². The summed E-state index contributed by atoms with van der Waals surface area (Å²) in [6.07, 6.45) is 11.6. The number of hydrogen-bond donors (Lipinski definition) is 2. The highest BCUT2D eigenvalue weighted by Gasteiger charge is 2.50. The minimum absolute atomic E-state index is 0.189. The van der Waals surface area contributed by atoms with Crippen LogP contribution in [0.1, 0.15) is 64.2 Å². The maximum atomic E-state index is 13.2. The van der Waals surface area contributed by atoms with E-state index in [4.69, 9.17) is 10.5 Å². The summed E-state index contributed by atoms with van der Waals surface area (Å²) in [5.41, 5.74) is 6.31. The van der Waals surface area contributed by atoms with Crippen molar-refractivity contribution in [3.8, 4) is 0 Å². The second-order valence-electron chi connectivity index (χ2n) is 10.9. The average Bonchev–Trinajstić information content (AvgIpc) is 3.17. The zero-order valence-corrected chi connectivity index (χ0v) is 19.5. The van der Waals surface area contributed by atoms with Gasteiger partial charge < -0.3 is 20.2 Å². The van der Waals surface area contributed by atoms with Crippen LogP contribution in [0.25, 0.3) is 0 Å². The smallest absolute Gasteiger partial charge is 0.251 e. The summed E-state index contributed by atoms with van der Waals surface area (Å²) in [5, 5.41) is 0. The third kappa shape index (κ3) is 4.75. The van der Waals surface area contributed by atoms with Crippen molar-refractivity contribution in [3.63, 3.8) is 0 Å². The maximum absolute atomic E-state index is 13.2. The molecule has 0 aromatic rings. The lowest BCUT2D eigenvalue weighted by atomic mass is 9.72. The Balaban J connectivity index is 1.30. The van der Waals surface area contributed by atoms with Crippen molar-refractivity contribution in [3.05, 3.63) is 0 Å². The normalized spacial score (nSPS) is 39.4. The van der Waals surface area contributed by atoms with Gasteiger partial charge in [0.15, 0.2) is 8.32 Å². The molecule has 0 aromatic carbocycles. The highest BCUT2D eigenvalue weighted by Crippen LogP contribution is 2.48. The molecule has 5 nitrogen and oxygen atoms in total. The Hall–Kier alpha value is -0.433. The van der Waals surface area contributed by atoms with Gasteiger partial charge in [0, 0.05) is 13.1 Å². The van der Waals surface area contributed by atoms with Gasteiger partial charge in [-0.05, 0) is 87.4 Å². The van der Waals surface area contributed by atoms with Crippen molar-refractivity contribution in [2.45, 2.75) is 95.1 Å². The lowest BCUT2D eigenvalue weighted by molar-refractivity contribution is -0.145. The predicted molar refractivity (Wildman–Crippen MR) is 118 cm³/mol. The number of fused-ring (bicyclic) bond motifs is 1. The van der Waals surface area contributed by atoms with Gasteiger partial charge in [0.25, 0.3) is 5.91 Å². The summed E-state index contributed by atoms with van der Waals surface area (Å²) in [4.78, 5) is 26.0. The fraction of sp³-hybridized carbons (Fsp3) is 0.957. The van der Waals surface area contributed by atoms with Gasteiger partial charge in [-0.1, -0.05) is 25.7 Å². The minimum Gasteiger partial charge on any atom is -0.432 e. The molecule has 6 atom stereocenters. The first kappa shape index (κ1) is 21.8. The summed E-state index contributed by atoms with van der Waals surface area (Å²) in [5.74, 6) is 2.91. The highest BCUT2D eigenvalue weighted by atomic mass is 28.4. The van der Waals surface area contributed by atoms with Crippen molar-refractivity contribution >= 4 is 14.2 Å². The summed E-state index contributed by atoms with van der Waals surface area (Å²) in [6.45, 7) is 6.74. The molecule has 4 aliphatic rings. The number of amides is 1. The molecule has 166 valence electrons. The fourth-order valence-electron chi connectivity index (χ4n) is 7.03. The molecule has 2 saturated heterocycles. The molecule has 2 aliphatic heterocycles. The standard InChI is InChI=1S/C23H42N2O3Si/c1-29(2,27)22-8-4-7-20-19(22)14-21(28-20)23(26)25-11-9-17(10-12-25)18-6-3-5-16(13-18)15-24/h16-22,27H,3-15,24H2,1-2H3. The second-order valence-corrected chi connectivity index (χ2v) is 15.0. The molecule has 6 heteroatoms. The van der Waals surface area contributed by atoms with E-state index in [0.717, 1.165) is 75.9 Å². The molecule has 0 radical (unpaired) electrons. The SMILES string of the molecule is C[Si](C)(O)C1CCCC2OC(C(=O)N3CCC(C4CCCC(CN)C4)CC3)CC21. The van der Waals surface area contributed by atoms with Crippen LogP contribution in [0, 0.1) is 23.7 Å². The first-order chi connectivity index (χ1) is 13.9. The van der Waals surface area contributed by atoms with Crippen molar-refractivity contribution in [1.82, 2.24) is 4.90 Å². The number of carbonyl (C=O) groups is 1. The molecular weight excluding hydrogens is 380 g/mol. The second kappa shape index (κ2) is 8.97. The molecule has 4 fully saturated rings. The molecule has 3 N–H and O–H groups in total. The maximum Gasteiger partial charge on any atom is 0.251 e.